The third kappa shape index (κ3) is 4.64. The molecule has 1 atom stereocenters. The van der Waals surface area contributed by atoms with Crippen LogP contribution in [0.3, 0.4) is 0 Å². The number of nitrogens with zero attached hydrogens (tertiary/aromatic N) is 3. The van der Waals surface area contributed by atoms with E-state index in [2.05, 4.69) is 44.0 Å². The zero-order valence-corrected chi connectivity index (χ0v) is 24.0. The first-order chi connectivity index (χ1) is 20.6. The van der Waals surface area contributed by atoms with Gasteiger partial charge in [-0.05, 0) is 105 Å². The molecule has 2 saturated heterocycles. The molecule has 2 aliphatic carbocycles. The molecule has 4 heterocycles. The van der Waals surface area contributed by atoms with Gasteiger partial charge in [0.15, 0.2) is 0 Å². The maximum atomic E-state index is 12.0. The van der Waals surface area contributed by atoms with E-state index < -0.39 is 5.97 Å². The highest BCUT2D eigenvalue weighted by atomic mass is 16.5. The van der Waals surface area contributed by atoms with Crippen molar-refractivity contribution in [3.63, 3.8) is 0 Å². The molecule has 42 heavy (non-hydrogen) atoms. The maximum Gasteiger partial charge on any atom is 0.339 e. The number of likely N-dealkylation sites (tertiary alicyclic amines) is 1. The van der Waals surface area contributed by atoms with E-state index in [0.717, 1.165) is 35.7 Å². The molecule has 1 spiro atoms. The second-order valence-corrected chi connectivity index (χ2v) is 13.0. The first kappa shape index (κ1) is 25.8. The van der Waals surface area contributed by atoms with E-state index in [0.29, 0.717) is 29.0 Å². The second-order valence-electron chi connectivity index (χ2n) is 13.0. The number of fused-ring (bicyclic) bond motifs is 1. The van der Waals surface area contributed by atoms with E-state index in [1.807, 2.05) is 30.5 Å². The minimum atomic E-state index is -0.995. The third-order valence-electron chi connectivity index (χ3n) is 10.5. The zero-order chi connectivity index (χ0) is 28.3. The van der Waals surface area contributed by atoms with Crippen LogP contribution < -0.4 is 9.64 Å². The highest BCUT2D eigenvalue weighted by Crippen LogP contribution is 2.55. The van der Waals surface area contributed by atoms with Crippen LogP contribution >= 0.6 is 0 Å². The molecule has 2 saturated carbocycles. The van der Waals surface area contributed by atoms with Crippen molar-refractivity contribution in [3.05, 3.63) is 83.7 Å². The fourth-order valence-electron chi connectivity index (χ4n) is 8.03. The molecule has 216 valence electrons. The molecule has 2 aromatic carbocycles. The number of H-pyrrole nitrogens is 1. The monoisotopic (exact) mass is 562 g/mol. The van der Waals surface area contributed by atoms with Crippen LogP contribution in [0, 0.1) is 5.41 Å². The number of ether oxygens (including phenoxy) is 1. The van der Waals surface area contributed by atoms with E-state index in [9.17, 15) is 9.90 Å². The smallest absolute Gasteiger partial charge is 0.339 e. The van der Waals surface area contributed by atoms with Crippen molar-refractivity contribution in [3.8, 4) is 11.5 Å². The highest BCUT2D eigenvalue weighted by Gasteiger charge is 2.50. The van der Waals surface area contributed by atoms with Gasteiger partial charge in [0.25, 0.3) is 0 Å². The van der Waals surface area contributed by atoms with Crippen molar-refractivity contribution in [1.82, 2.24) is 14.9 Å². The van der Waals surface area contributed by atoms with E-state index in [-0.39, 0.29) is 5.56 Å². The van der Waals surface area contributed by atoms with Crippen LogP contribution in [-0.4, -0.2) is 51.6 Å². The number of piperidine rings is 1. The Morgan fingerprint density at radius 3 is 2.57 bits per heavy atom. The number of anilines is 1. The number of carboxylic acid groups (broad SMARTS) is 1. The minimum absolute atomic E-state index is 0.159. The fraction of sp³-hybridized carbons (Fsp3) is 0.429. The van der Waals surface area contributed by atoms with Gasteiger partial charge >= 0.3 is 5.97 Å². The van der Waals surface area contributed by atoms with Gasteiger partial charge in [-0.2, -0.15) is 0 Å². The summed E-state index contributed by atoms with van der Waals surface area (Å²) in [7, 11) is 0. The van der Waals surface area contributed by atoms with E-state index in [1.165, 1.54) is 57.9 Å². The average molecular weight is 563 g/mol. The molecule has 4 aromatic rings. The van der Waals surface area contributed by atoms with Gasteiger partial charge in [0.05, 0.1) is 6.20 Å². The van der Waals surface area contributed by atoms with E-state index >= 15 is 0 Å². The highest BCUT2D eigenvalue weighted by molar-refractivity contribution is 5.92. The lowest BCUT2D eigenvalue weighted by molar-refractivity contribution is -0.0227. The van der Waals surface area contributed by atoms with Crippen molar-refractivity contribution in [2.75, 3.05) is 24.5 Å². The zero-order valence-electron chi connectivity index (χ0n) is 24.0. The largest absolute Gasteiger partial charge is 0.478 e. The van der Waals surface area contributed by atoms with Crippen molar-refractivity contribution in [1.29, 1.82) is 0 Å². The number of aromatic nitrogens is 2. The molecule has 2 aromatic heterocycles. The number of nitrogens with one attached hydrogen (secondary N) is 1. The Morgan fingerprint density at radius 2 is 1.79 bits per heavy atom. The number of pyridine rings is 1. The molecule has 0 amide bonds. The van der Waals surface area contributed by atoms with Crippen LogP contribution in [0.25, 0.3) is 11.0 Å². The summed E-state index contributed by atoms with van der Waals surface area (Å²) in [5, 5.41) is 10.7. The van der Waals surface area contributed by atoms with Gasteiger partial charge in [-0.25, -0.2) is 9.78 Å². The summed E-state index contributed by atoms with van der Waals surface area (Å²) >= 11 is 0. The van der Waals surface area contributed by atoms with Crippen molar-refractivity contribution in [2.45, 2.75) is 69.4 Å². The molecule has 1 unspecified atom stereocenters. The number of hydrogen-bond acceptors (Lipinski definition) is 5. The summed E-state index contributed by atoms with van der Waals surface area (Å²) in [4.78, 5) is 24.7. The molecule has 4 fully saturated rings. The molecule has 7 nitrogen and oxygen atoms in total. The Bertz CT molecular complexity index is 1630. The van der Waals surface area contributed by atoms with Crippen LogP contribution in [0.2, 0.25) is 0 Å². The number of carboxylic acids is 1. The Morgan fingerprint density at radius 1 is 0.976 bits per heavy atom. The fourth-order valence-corrected chi connectivity index (χ4v) is 8.03. The second kappa shape index (κ2) is 10.2. The number of aromatic amines is 1. The summed E-state index contributed by atoms with van der Waals surface area (Å²) in [6, 6.07) is 19.9. The Balaban J connectivity index is 0.936. The summed E-state index contributed by atoms with van der Waals surface area (Å²) < 4.78 is 6.11. The van der Waals surface area contributed by atoms with E-state index in [1.54, 1.807) is 23.4 Å². The summed E-state index contributed by atoms with van der Waals surface area (Å²) in [5.41, 5.74) is 5.63. The number of benzene rings is 2. The maximum absolute atomic E-state index is 12.0. The van der Waals surface area contributed by atoms with Gasteiger partial charge in [0.2, 0.25) is 0 Å². The van der Waals surface area contributed by atoms with Gasteiger partial charge < -0.3 is 19.7 Å². The molecule has 0 radical (unpaired) electrons. The van der Waals surface area contributed by atoms with Crippen LogP contribution in [0.15, 0.2) is 67.0 Å². The van der Waals surface area contributed by atoms with Crippen LogP contribution in [0.4, 0.5) is 5.69 Å². The molecule has 8 rings (SSSR count). The average Bonchev–Trinajstić information content (AvgIpc) is 3.54. The van der Waals surface area contributed by atoms with Gasteiger partial charge in [-0.15, -0.1) is 0 Å². The summed E-state index contributed by atoms with van der Waals surface area (Å²) in [5.74, 6) is 0.688. The van der Waals surface area contributed by atoms with Crippen molar-refractivity contribution < 1.29 is 14.6 Å². The van der Waals surface area contributed by atoms with Crippen LogP contribution in [0.1, 0.15) is 84.8 Å². The van der Waals surface area contributed by atoms with Crippen molar-refractivity contribution in [2.24, 2.45) is 5.41 Å². The Labute approximate surface area is 246 Å². The van der Waals surface area contributed by atoms with Crippen LogP contribution in [0.5, 0.6) is 11.5 Å². The van der Waals surface area contributed by atoms with Gasteiger partial charge in [0.1, 0.15) is 22.7 Å². The quantitative estimate of drug-likeness (QED) is 0.243. The predicted octanol–water partition coefficient (Wildman–Crippen LogP) is 7.52. The molecule has 2 aliphatic heterocycles. The predicted molar refractivity (Wildman–Crippen MR) is 164 cm³/mol. The standard InChI is InChI=1S/C35H38N4O3/c40-34(41)30-10-9-25(19-32(30)42-27-18-24-11-14-36-33(24)37-22-27)38-16-12-35(13-17-38)20-26(21-35)39-15-3-6-31(39)29-5-2-1-4-28(29)23-7-8-23/h1-2,4-5,9-11,14,18-19,22-23,26,31H,3,6-8,12-13,15-17,20-21H2,(H,36,37)(H,40,41). The van der Waals surface area contributed by atoms with Crippen molar-refractivity contribution >= 4 is 22.7 Å². The summed E-state index contributed by atoms with van der Waals surface area (Å²) in [6.45, 7) is 3.22. The Kier molecular flexibility index (Phi) is 6.25. The number of hydrogen-bond donors (Lipinski definition) is 2. The first-order valence-corrected chi connectivity index (χ1v) is 15.6. The lowest BCUT2D eigenvalue weighted by atomic mass is 9.59. The number of aromatic carboxylic acids is 1. The third-order valence-corrected chi connectivity index (χ3v) is 10.5. The van der Waals surface area contributed by atoms with Gasteiger partial charge in [-0.3, -0.25) is 4.90 Å². The Hall–Kier alpha value is -3.84. The molecular formula is C35H38N4O3. The van der Waals surface area contributed by atoms with E-state index in [4.69, 9.17) is 4.74 Å². The van der Waals surface area contributed by atoms with Gasteiger partial charge in [-0.1, -0.05) is 24.3 Å². The topological polar surface area (TPSA) is 81.7 Å². The molecule has 0 bridgehead atoms. The normalized spacial score (nSPS) is 22.5. The van der Waals surface area contributed by atoms with Crippen LogP contribution in [-0.2, 0) is 0 Å². The minimum Gasteiger partial charge on any atom is -0.478 e. The number of carbonyl (C=O) groups is 1. The number of rotatable bonds is 7. The molecule has 7 heteroatoms. The molecule has 4 aliphatic rings. The van der Waals surface area contributed by atoms with Gasteiger partial charge in [0, 0.05) is 48.5 Å². The summed E-state index contributed by atoms with van der Waals surface area (Å²) in [6.07, 6.45) is 13.8. The lowest BCUT2D eigenvalue weighted by Crippen LogP contribution is -2.54. The first-order valence-electron chi connectivity index (χ1n) is 15.6. The molecule has 2 N–H and O–H groups in total. The lowest BCUT2D eigenvalue weighted by Gasteiger charge is -2.56. The molecular weight excluding hydrogens is 524 g/mol. The SMILES string of the molecule is O=C(O)c1ccc(N2CCC3(CC2)CC(N2CCCC2c2ccccc2C2CC2)C3)cc1Oc1cnc2[nH]ccc2c1.